The van der Waals surface area contributed by atoms with Gasteiger partial charge in [0.25, 0.3) is 0 Å². The predicted molar refractivity (Wildman–Crippen MR) is 58.0 cm³/mol. The molecule has 78 valence electrons. The lowest BCUT2D eigenvalue weighted by Gasteiger charge is -2.01. The molecule has 1 aliphatic heterocycles. The molecule has 0 spiro atoms. The first kappa shape index (κ1) is 8.85. The van der Waals surface area contributed by atoms with Crippen molar-refractivity contribution in [2.75, 3.05) is 13.1 Å². The van der Waals surface area contributed by atoms with E-state index in [0.29, 0.717) is 5.92 Å². The lowest BCUT2D eigenvalue weighted by molar-refractivity contribution is 0.714. The van der Waals surface area contributed by atoms with Crippen LogP contribution in [0.1, 0.15) is 23.7 Å². The number of aryl methyl sites for hydroxylation is 1. The highest BCUT2D eigenvalue weighted by molar-refractivity contribution is 5.41. The fourth-order valence-electron chi connectivity index (χ4n) is 2.14. The third-order valence-electron chi connectivity index (χ3n) is 3.04. The minimum absolute atomic E-state index is 0.561. The Labute approximate surface area is 88.3 Å². The van der Waals surface area contributed by atoms with Gasteiger partial charge in [0.05, 0.1) is 5.69 Å². The number of nitrogens with zero attached hydrogens (tertiary/aromatic N) is 3. The molecule has 0 saturated carbocycles. The second-order valence-electron chi connectivity index (χ2n) is 4.12. The number of hydrogen-bond acceptors (Lipinski definition) is 3. The van der Waals surface area contributed by atoms with Crippen LogP contribution in [0.3, 0.4) is 0 Å². The Bertz CT molecular complexity index is 482. The lowest BCUT2D eigenvalue weighted by atomic mass is 10.1. The highest BCUT2D eigenvalue weighted by Gasteiger charge is 2.19. The quantitative estimate of drug-likeness (QED) is 0.753. The topological polar surface area (TPSA) is 42.2 Å². The Balaban J connectivity index is 2.09. The van der Waals surface area contributed by atoms with Gasteiger partial charge in [-0.1, -0.05) is 0 Å². The zero-order valence-corrected chi connectivity index (χ0v) is 8.77. The van der Waals surface area contributed by atoms with Crippen molar-refractivity contribution in [2.24, 2.45) is 0 Å². The van der Waals surface area contributed by atoms with Crippen LogP contribution < -0.4 is 5.32 Å². The van der Waals surface area contributed by atoms with Gasteiger partial charge in [-0.05, 0) is 26.0 Å². The van der Waals surface area contributed by atoms with Crippen LogP contribution in [0.15, 0.2) is 18.3 Å². The van der Waals surface area contributed by atoms with Gasteiger partial charge in [-0.25, -0.2) is 9.50 Å². The van der Waals surface area contributed by atoms with Crippen molar-refractivity contribution in [2.45, 2.75) is 19.3 Å². The summed E-state index contributed by atoms with van der Waals surface area (Å²) in [6, 6.07) is 4.08. The van der Waals surface area contributed by atoms with Crippen molar-refractivity contribution in [1.29, 1.82) is 0 Å². The number of fused-ring (bicyclic) bond motifs is 1. The Morgan fingerprint density at radius 3 is 3.20 bits per heavy atom. The molecule has 1 unspecified atom stereocenters. The van der Waals surface area contributed by atoms with Gasteiger partial charge in [-0.15, -0.1) is 0 Å². The molecule has 4 heteroatoms. The molecule has 1 N–H and O–H groups in total. The van der Waals surface area contributed by atoms with Crippen LogP contribution in [-0.4, -0.2) is 27.7 Å². The molecule has 0 bridgehead atoms. The molecule has 1 saturated heterocycles. The van der Waals surface area contributed by atoms with Crippen molar-refractivity contribution in [3.63, 3.8) is 0 Å². The van der Waals surface area contributed by atoms with Gasteiger partial charge in [0.15, 0.2) is 5.65 Å². The summed E-state index contributed by atoms with van der Waals surface area (Å²) in [5.41, 5.74) is 3.26. The Morgan fingerprint density at radius 2 is 2.47 bits per heavy atom. The smallest absolute Gasteiger partial charge is 0.155 e. The summed E-state index contributed by atoms with van der Waals surface area (Å²) in [5.74, 6) is 0.561. The molecule has 3 rings (SSSR count). The van der Waals surface area contributed by atoms with E-state index < -0.39 is 0 Å². The lowest BCUT2D eigenvalue weighted by Crippen LogP contribution is -2.08. The average Bonchev–Trinajstić information content (AvgIpc) is 2.86. The molecule has 3 heterocycles. The van der Waals surface area contributed by atoms with Gasteiger partial charge >= 0.3 is 0 Å². The average molecular weight is 202 g/mol. The molecule has 0 radical (unpaired) electrons. The fraction of sp³-hybridized carbons (Fsp3) is 0.455. The molecule has 0 aromatic carbocycles. The van der Waals surface area contributed by atoms with Gasteiger partial charge in [-0.3, -0.25) is 0 Å². The maximum atomic E-state index is 4.61. The van der Waals surface area contributed by atoms with E-state index >= 15 is 0 Å². The van der Waals surface area contributed by atoms with Crippen LogP contribution in [0, 0.1) is 6.92 Å². The Kier molecular flexibility index (Phi) is 1.95. The van der Waals surface area contributed by atoms with Crippen LogP contribution in [0.25, 0.3) is 5.65 Å². The molecular weight excluding hydrogens is 188 g/mol. The summed E-state index contributed by atoms with van der Waals surface area (Å²) in [6.45, 7) is 4.20. The molecule has 1 fully saturated rings. The van der Waals surface area contributed by atoms with Crippen molar-refractivity contribution < 1.29 is 0 Å². The van der Waals surface area contributed by atoms with Crippen LogP contribution in [0.4, 0.5) is 0 Å². The van der Waals surface area contributed by atoms with E-state index in [-0.39, 0.29) is 0 Å². The zero-order chi connectivity index (χ0) is 10.3. The van der Waals surface area contributed by atoms with Crippen LogP contribution in [0.5, 0.6) is 0 Å². The van der Waals surface area contributed by atoms with Crippen LogP contribution in [-0.2, 0) is 0 Å². The third kappa shape index (κ3) is 1.41. The van der Waals surface area contributed by atoms with E-state index in [2.05, 4.69) is 28.4 Å². The van der Waals surface area contributed by atoms with E-state index in [9.17, 15) is 0 Å². The largest absolute Gasteiger partial charge is 0.316 e. The molecule has 2 aromatic rings. The van der Waals surface area contributed by atoms with E-state index in [4.69, 9.17) is 0 Å². The zero-order valence-electron chi connectivity index (χ0n) is 8.77. The van der Waals surface area contributed by atoms with Crippen LogP contribution in [0.2, 0.25) is 0 Å². The highest BCUT2D eigenvalue weighted by atomic mass is 15.3. The summed E-state index contributed by atoms with van der Waals surface area (Å²) in [6.07, 6.45) is 3.02. The summed E-state index contributed by atoms with van der Waals surface area (Å²) in [7, 11) is 0. The highest BCUT2D eigenvalue weighted by Crippen LogP contribution is 2.21. The third-order valence-corrected chi connectivity index (χ3v) is 3.04. The van der Waals surface area contributed by atoms with E-state index in [1.54, 1.807) is 0 Å². The van der Waals surface area contributed by atoms with Crippen LogP contribution >= 0.6 is 0 Å². The molecule has 1 aliphatic rings. The van der Waals surface area contributed by atoms with E-state index in [1.165, 1.54) is 12.1 Å². The second kappa shape index (κ2) is 3.31. The van der Waals surface area contributed by atoms with Crippen molar-refractivity contribution in [3.8, 4) is 0 Å². The first-order valence-corrected chi connectivity index (χ1v) is 5.36. The number of rotatable bonds is 1. The summed E-state index contributed by atoms with van der Waals surface area (Å²) < 4.78 is 1.92. The van der Waals surface area contributed by atoms with Gasteiger partial charge in [0.1, 0.15) is 0 Å². The SMILES string of the molecule is Cc1ccnc2cc(C3CCNC3)nn12. The maximum absolute atomic E-state index is 4.61. The number of aromatic nitrogens is 3. The van der Waals surface area contributed by atoms with Gasteiger partial charge in [0, 0.05) is 30.4 Å². The van der Waals surface area contributed by atoms with Gasteiger partial charge in [0.2, 0.25) is 0 Å². The van der Waals surface area contributed by atoms with E-state index in [1.807, 2.05) is 16.8 Å². The Hall–Kier alpha value is -1.42. The summed E-state index contributed by atoms with van der Waals surface area (Å²) in [5, 5.41) is 7.97. The normalized spacial score (nSPS) is 21.3. The molecule has 15 heavy (non-hydrogen) atoms. The van der Waals surface area contributed by atoms with Gasteiger partial charge < -0.3 is 5.32 Å². The molecule has 4 nitrogen and oxygen atoms in total. The molecular formula is C11H14N4. The maximum Gasteiger partial charge on any atom is 0.155 e. The molecule has 0 amide bonds. The van der Waals surface area contributed by atoms with E-state index in [0.717, 1.165) is 24.4 Å². The number of hydrogen-bond donors (Lipinski definition) is 1. The van der Waals surface area contributed by atoms with Crippen molar-refractivity contribution in [1.82, 2.24) is 19.9 Å². The van der Waals surface area contributed by atoms with Crippen molar-refractivity contribution in [3.05, 3.63) is 29.7 Å². The summed E-state index contributed by atoms with van der Waals surface area (Å²) >= 11 is 0. The van der Waals surface area contributed by atoms with Crippen molar-refractivity contribution >= 4 is 5.65 Å². The minimum Gasteiger partial charge on any atom is -0.316 e. The first-order chi connectivity index (χ1) is 7.34. The second-order valence-corrected chi connectivity index (χ2v) is 4.12. The first-order valence-electron chi connectivity index (χ1n) is 5.36. The fourth-order valence-corrected chi connectivity index (χ4v) is 2.14. The molecule has 0 aliphatic carbocycles. The molecule has 2 aromatic heterocycles. The summed E-state index contributed by atoms with van der Waals surface area (Å²) in [4.78, 5) is 4.31. The molecule has 1 atom stereocenters. The monoisotopic (exact) mass is 202 g/mol. The van der Waals surface area contributed by atoms with Gasteiger partial charge in [-0.2, -0.15) is 5.10 Å². The minimum atomic E-state index is 0.561. The predicted octanol–water partition coefficient (Wildman–Crippen LogP) is 1.11. The number of nitrogens with one attached hydrogen (secondary N) is 1. The Morgan fingerprint density at radius 1 is 1.53 bits per heavy atom. The standard InChI is InChI=1S/C11H14N4/c1-8-2-5-13-11-6-10(14-15(8)11)9-3-4-12-7-9/h2,5-6,9,12H,3-4,7H2,1H3.